The maximum atomic E-state index is 13.3. The molecule has 1 saturated carbocycles. The molecule has 1 aromatic heterocycles. The Morgan fingerprint density at radius 3 is 2.56 bits per heavy atom. The summed E-state index contributed by atoms with van der Waals surface area (Å²) in [4.78, 5) is 40.1. The molecule has 2 aromatic rings. The summed E-state index contributed by atoms with van der Waals surface area (Å²) in [6.45, 7) is 9.07. The molecule has 6 heteroatoms. The number of nitrogens with zero attached hydrogens (tertiary/aromatic N) is 3. The maximum Gasteiger partial charge on any atom is 0.331 e. The van der Waals surface area contributed by atoms with E-state index >= 15 is 0 Å². The SMILES string of the molecule is C=CC(=O)N1CC[C@@H](n2c(=O)c3cc(C)c(C)cc3n(CC3CC3)c2=O)C1. The van der Waals surface area contributed by atoms with Crippen molar-refractivity contribution in [3.63, 3.8) is 0 Å². The number of carbonyl (C=O) groups is 1. The molecule has 0 bridgehead atoms. The minimum absolute atomic E-state index is 0.156. The van der Waals surface area contributed by atoms with Crippen LogP contribution in [-0.4, -0.2) is 33.0 Å². The molecule has 1 amide bonds. The Balaban J connectivity index is 1.89. The maximum absolute atomic E-state index is 13.3. The number of hydrogen-bond donors (Lipinski definition) is 0. The fourth-order valence-electron chi connectivity index (χ4n) is 3.98. The van der Waals surface area contributed by atoms with Crippen LogP contribution >= 0.6 is 0 Å². The van der Waals surface area contributed by atoms with Crippen LogP contribution in [0.5, 0.6) is 0 Å². The third-order valence-corrected chi connectivity index (χ3v) is 5.94. The summed E-state index contributed by atoms with van der Waals surface area (Å²) in [6.07, 6.45) is 4.14. The van der Waals surface area contributed by atoms with Gasteiger partial charge in [-0.2, -0.15) is 0 Å². The van der Waals surface area contributed by atoms with Crippen molar-refractivity contribution in [1.29, 1.82) is 0 Å². The molecule has 6 nitrogen and oxygen atoms in total. The van der Waals surface area contributed by atoms with E-state index in [1.54, 1.807) is 9.47 Å². The molecule has 27 heavy (non-hydrogen) atoms. The average molecular weight is 367 g/mol. The van der Waals surface area contributed by atoms with Gasteiger partial charge in [-0.25, -0.2) is 4.79 Å². The van der Waals surface area contributed by atoms with Crippen molar-refractivity contribution in [2.75, 3.05) is 13.1 Å². The summed E-state index contributed by atoms with van der Waals surface area (Å²) in [5.74, 6) is 0.358. The Kier molecular flexibility index (Phi) is 4.29. The van der Waals surface area contributed by atoms with E-state index in [2.05, 4.69) is 6.58 Å². The molecule has 4 rings (SSSR count). The standard InChI is InChI=1S/C21H25N3O3/c1-4-19(25)22-8-7-16(12-22)24-20(26)17-9-13(2)14(3)10-18(17)23(21(24)27)11-15-5-6-15/h4,9-10,15-16H,1,5-8,11-12H2,2-3H3/t16-/m1/s1. The lowest BCUT2D eigenvalue weighted by Gasteiger charge is -2.19. The van der Waals surface area contributed by atoms with Gasteiger partial charge in [0.15, 0.2) is 0 Å². The van der Waals surface area contributed by atoms with Gasteiger partial charge in [0.2, 0.25) is 5.91 Å². The van der Waals surface area contributed by atoms with Crippen LogP contribution < -0.4 is 11.2 Å². The Morgan fingerprint density at radius 1 is 1.19 bits per heavy atom. The fraction of sp³-hybridized carbons (Fsp3) is 0.476. The van der Waals surface area contributed by atoms with Gasteiger partial charge in [0, 0.05) is 19.6 Å². The highest BCUT2D eigenvalue weighted by molar-refractivity contribution is 5.87. The molecule has 1 aliphatic heterocycles. The number of amides is 1. The smallest absolute Gasteiger partial charge is 0.331 e. The van der Waals surface area contributed by atoms with Crippen molar-refractivity contribution >= 4 is 16.8 Å². The van der Waals surface area contributed by atoms with Gasteiger partial charge in [0.25, 0.3) is 5.56 Å². The predicted molar refractivity (Wildman–Crippen MR) is 105 cm³/mol. The van der Waals surface area contributed by atoms with E-state index in [0.29, 0.717) is 37.4 Å². The van der Waals surface area contributed by atoms with Gasteiger partial charge >= 0.3 is 5.69 Å². The first-order chi connectivity index (χ1) is 12.9. The minimum Gasteiger partial charge on any atom is -0.337 e. The fourth-order valence-corrected chi connectivity index (χ4v) is 3.98. The second kappa shape index (κ2) is 6.51. The van der Waals surface area contributed by atoms with E-state index < -0.39 is 0 Å². The second-order valence-corrected chi connectivity index (χ2v) is 7.90. The Bertz CT molecular complexity index is 1060. The first kappa shape index (κ1) is 17.8. The summed E-state index contributed by atoms with van der Waals surface area (Å²) >= 11 is 0. The number of carbonyl (C=O) groups excluding carboxylic acids is 1. The predicted octanol–water partition coefficient (Wildman–Crippen LogP) is 2.15. The van der Waals surface area contributed by atoms with Crippen LogP contribution in [0.1, 0.15) is 36.4 Å². The van der Waals surface area contributed by atoms with E-state index in [1.165, 1.54) is 10.6 Å². The lowest BCUT2D eigenvalue weighted by molar-refractivity contribution is -0.125. The molecule has 1 aromatic carbocycles. The molecule has 1 aliphatic carbocycles. The van der Waals surface area contributed by atoms with Crippen LogP contribution in [0, 0.1) is 19.8 Å². The zero-order valence-electron chi connectivity index (χ0n) is 15.9. The number of hydrogen-bond acceptors (Lipinski definition) is 3. The number of fused-ring (bicyclic) bond motifs is 1. The second-order valence-electron chi connectivity index (χ2n) is 7.90. The molecule has 0 N–H and O–H groups in total. The highest BCUT2D eigenvalue weighted by Gasteiger charge is 2.31. The quantitative estimate of drug-likeness (QED) is 0.778. The van der Waals surface area contributed by atoms with Gasteiger partial charge in [0.05, 0.1) is 16.9 Å². The van der Waals surface area contributed by atoms with Crippen LogP contribution in [0.15, 0.2) is 34.4 Å². The number of benzene rings is 1. The largest absolute Gasteiger partial charge is 0.337 e. The van der Waals surface area contributed by atoms with Crippen LogP contribution in [0.25, 0.3) is 10.9 Å². The van der Waals surface area contributed by atoms with Gasteiger partial charge in [0.1, 0.15) is 0 Å². The molecule has 1 atom stereocenters. The third kappa shape index (κ3) is 3.03. The molecule has 2 fully saturated rings. The molecule has 0 spiro atoms. The Morgan fingerprint density at radius 2 is 1.89 bits per heavy atom. The summed E-state index contributed by atoms with van der Waals surface area (Å²) in [7, 11) is 0. The first-order valence-electron chi connectivity index (χ1n) is 9.58. The molecular weight excluding hydrogens is 342 g/mol. The summed E-state index contributed by atoms with van der Waals surface area (Å²) in [6, 6.07) is 3.57. The third-order valence-electron chi connectivity index (χ3n) is 5.94. The molecule has 142 valence electrons. The number of rotatable bonds is 4. The Labute approximate surface area is 157 Å². The summed E-state index contributed by atoms with van der Waals surface area (Å²) in [5.41, 5.74) is 2.35. The van der Waals surface area contributed by atoms with Crippen molar-refractivity contribution in [3.05, 3.63) is 56.8 Å². The average Bonchev–Trinajstić information content (AvgIpc) is 3.34. The summed E-state index contributed by atoms with van der Waals surface area (Å²) < 4.78 is 3.16. The van der Waals surface area contributed by atoms with E-state index in [1.807, 2.05) is 26.0 Å². The van der Waals surface area contributed by atoms with E-state index in [9.17, 15) is 14.4 Å². The zero-order chi connectivity index (χ0) is 19.3. The van der Waals surface area contributed by atoms with Crippen LogP contribution in [-0.2, 0) is 11.3 Å². The summed E-state index contributed by atoms with van der Waals surface area (Å²) in [5, 5.41) is 0.590. The number of likely N-dealkylation sites (tertiary alicyclic amines) is 1. The first-order valence-corrected chi connectivity index (χ1v) is 9.58. The monoisotopic (exact) mass is 367 g/mol. The molecule has 2 aliphatic rings. The topological polar surface area (TPSA) is 64.3 Å². The van der Waals surface area contributed by atoms with E-state index in [4.69, 9.17) is 0 Å². The van der Waals surface area contributed by atoms with Gasteiger partial charge < -0.3 is 4.90 Å². The van der Waals surface area contributed by atoms with Crippen LogP contribution in [0.3, 0.4) is 0 Å². The minimum atomic E-state index is -0.287. The molecule has 0 radical (unpaired) electrons. The highest BCUT2D eigenvalue weighted by atomic mass is 16.2. The number of aromatic nitrogens is 2. The molecule has 1 saturated heterocycles. The van der Waals surface area contributed by atoms with Crippen molar-refractivity contribution in [2.45, 2.75) is 45.7 Å². The van der Waals surface area contributed by atoms with Crippen LogP contribution in [0.2, 0.25) is 0 Å². The van der Waals surface area contributed by atoms with Crippen molar-refractivity contribution < 1.29 is 4.79 Å². The lowest BCUT2D eigenvalue weighted by Crippen LogP contribution is -2.43. The molecular formula is C21H25N3O3. The van der Waals surface area contributed by atoms with Crippen molar-refractivity contribution in [1.82, 2.24) is 14.0 Å². The van der Waals surface area contributed by atoms with Gasteiger partial charge in [-0.15, -0.1) is 0 Å². The van der Waals surface area contributed by atoms with Crippen molar-refractivity contribution in [2.24, 2.45) is 5.92 Å². The highest BCUT2D eigenvalue weighted by Crippen LogP contribution is 2.31. The zero-order valence-corrected chi connectivity index (χ0v) is 15.9. The van der Waals surface area contributed by atoms with E-state index in [0.717, 1.165) is 29.5 Å². The van der Waals surface area contributed by atoms with Gasteiger partial charge in [-0.05, 0) is 68.4 Å². The van der Waals surface area contributed by atoms with Gasteiger partial charge in [-0.1, -0.05) is 6.58 Å². The van der Waals surface area contributed by atoms with Crippen LogP contribution in [0.4, 0.5) is 0 Å². The van der Waals surface area contributed by atoms with Gasteiger partial charge in [-0.3, -0.25) is 18.7 Å². The normalized spacial score (nSPS) is 19.6. The van der Waals surface area contributed by atoms with Crippen molar-refractivity contribution in [3.8, 4) is 0 Å². The Hall–Kier alpha value is -2.63. The lowest BCUT2D eigenvalue weighted by atomic mass is 10.1. The molecule has 0 unspecified atom stereocenters. The van der Waals surface area contributed by atoms with E-state index in [-0.39, 0.29) is 23.2 Å². The number of aryl methyl sites for hydroxylation is 2. The molecule has 2 heterocycles.